The lowest BCUT2D eigenvalue weighted by atomic mass is 10.2. The van der Waals surface area contributed by atoms with Crippen LogP contribution in [0.25, 0.3) is 0 Å². The summed E-state index contributed by atoms with van der Waals surface area (Å²) in [6, 6.07) is 20.7. The van der Waals surface area contributed by atoms with Crippen molar-refractivity contribution in [3.8, 4) is 0 Å². The Hall–Kier alpha value is -2.32. The van der Waals surface area contributed by atoms with E-state index in [9.17, 15) is 13.2 Å². The van der Waals surface area contributed by atoms with Gasteiger partial charge in [-0.05, 0) is 48.2 Å². The van der Waals surface area contributed by atoms with Gasteiger partial charge in [0.15, 0.2) is 0 Å². The highest BCUT2D eigenvalue weighted by Crippen LogP contribution is 2.24. The summed E-state index contributed by atoms with van der Waals surface area (Å²) < 4.78 is 27.9. The SMILES string of the molecule is CSc1cccc(NC(=O)c2ccc(Cl)c(S(=O)(=O)NCc3ccccc3)c2)c1. The number of anilines is 1. The fourth-order valence-electron chi connectivity index (χ4n) is 2.61. The van der Waals surface area contributed by atoms with E-state index in [1.165, 1.54) is 18.2 Å². The topological polar surface area (TPSA) is 75.3 Å². The molecule has 150 valence electrons. The van der Waals surface area contributed by atoms with Crippen molar-refractivity contribution >= 4 is 45.0 Å². The number of hydrogen-bond acceptors (Lipinski definition) is 4. The fraction of sp³-hybridized carbons (Fsp3) is 0.0952. The van der Waals surface area contributed by atoms with Gasteiger partial charge in [0.25, 0.3) is 5.91 Å². The molecule has 3 aromatic carbocycles. The van der Waals surface area contributed by atoms with E-state index in [0.717, 1.165) is 10.5 Å². The molecule has 0 spiro atoms. The smallest absolute Gasteiger partial charge is 0.255 e. The van der Waals surface area contributed by atoms with Crippen LogP contribution in [0.2, 0.25) is 5.02 Å². The van der Waals surface area contributed by atoms with E-state index in [0.29, 0.717) is 5.69 Å². The summed E-state index contributed by atoms with van der Waals surface area (Å²) in [6.45, 7) is 0.122. The van der Waals surface area contributed by atoms with Crippen molar-refractivity contribution in [2.45, 2.75) is 16.3 Å². The zero-order valence-electron chi connectivity index (χ0n) is 15.6. The third kappa shape index (κ3) is 5.61. The number of rotatable bonds is 7. The maximum Gasteiger partial charge on any atom is 0.255 e. The van der Waals surface area contributed by atoms with Crippen molar-refractivity contribution in [2.75, 3.05) is 11.6 Å². The summed E-state index contributed by atoms with van der Waals surface area (Å²) in [6.07, 6.45) is 1.94. The number of nitrogens with one attached hydrogen (secondary N) is 2. The molecule has 0 aromatic heterocycles. The molecule has 2 N–H and O–H groups in total. The molecule has 0 aliphatic carbocycles. The maximum absolute atomic E-state index is 12.7. The number of hydrogen-bond donors (Lipinski definition) is 2. The third-order valence-corrected chi connectivity index (χ3v) is 6.73. The van der Waals surface area contributed by atoms with Crippen molar-refractivity contribution in [1.82, 2.24) is 4.72 Å². The summed E-state index contributed by atoms with van der Waals surface area (Å²) >= 11 is 7.67. The molecule has 0 aliphatic rings. The first-order valence-electron chi connectivity index (χ1n) is 8.67. The molecule has 0 radical (unpaired) electrons. The molecule has 1 amide bonds. The molecular formula is C21H19ClN2O3S2. The van der Waals surface area contributed by atoms with Gasteiger partial charge in [0.2, 0.25) is 10.0 Å². The first kappa shape index (κ1) is 21.4. The van der Waals surface area contributed by atoms with Gasteiger partial charge in [-0.15, -0.1) is 11.8 Å². The van der Waals surface area contributed by atoms with Crippen LogP contribution >= 0.6 is 23.4 Å². The quantitative estimate of drug-likeness (QED) is 0.511. The lowest BCUT2D eigenvalue weighted by Gasteiger charge is -2.11. The summed E-state index contributed by atoms with van der Waals surface area (Å²) in [7, 11) is -3.89. The summed E-state index contributed by atoms with van der Waals surface area (Å²) in [5, 5.41) is 2.83. The molecule has 0 atom stereocenters. The fourth-order valence-corrected chi connectivity index (χ4v) is 4.61. The van der Waals surface area contributed by atoms with Gasteiger partial charge in [0.05, 0.1) is 5.02 Å². The number of thioether (sulfide) groups is 1. The monoisotopic (exact) mass is 446 g/mol. The average Bonchev–Trinajstić information content (AvgIpc) is 2.73. The van der Waals surface area contributed by atoms with Gasteiger partial charge in [-0.3, -0.25) is 4.79 Å². The van der Waals surface area contributed by atoms with Gasteiger partial charge in [-0.2, -0.15) is 0 Å². The molecule has 0 aliphatic heterocycles. The number of halogens is 1. The minimum absolute atomic E-state index is 0.0477. The predicted molar refractivity (Wildman–Crippen MR) is 118 cm³/mol. The Kier molecular flexibility index (Phi) is 6.97. The summed E-state index contributed by atoms with van der Waals surface area (Å²) in [5.74, 6) is -0.417. The molecule has 3 aromatic rings. The lowest BCUT2D eigenvalue weighted by molar-refractivity contribution is 0.102. The second-order valence-corrected chi connectivity index (χ2v) is 9.16. The molecule has 0 bridgehead atoms. The number of amides is 1. The first-order valence-corrected chi connectivity index (χ1v) is 11.8. The Morgan fingerprint density at radius 1 is 1.00 bits per heavy atom. The van der Waals surface area contributed by atoms with E-state index in [2.05, 4.69) is 10.0 Å². The van der Waals surface area contributed by atoms with E-state index in [4.69, 9.17) is 11.6 Å². The molecule has 0 saturated heterocycles. The third-order valence-electron chi connectivity index (χ3n) is 4.12. The lowest BCUT2D eigenvalue weighted by Crippen LogP contribution is -2.24. The van der Waals surface area contributed by atoms with Crippen LogP contribution in [0.1, 0.15) is 15.9 Å². The van der Waals surface area contributed by atoms with Crippen molar-refractivity contribution in [2.24, 2.45) is 0 Å². The largest absolute Gasteiger partial charge is 0.322 e. The number of carbonyl (C=O) groups is 1. The second kappa shape index (κ2) is 9.45. The van der Waals surface area contributed by atoms with Crippen molar-refractivity contribution in [1.29, 1.82) is 0 Å². The van der Waals surface area contributed by atoms with Crippen LogP contribution in [0.3, 0.4) is 0 Å². The van der Waals surface area contributed by atoms with Gasteiger partial charge in [-0.25, -0.2) is 13.1 Å². The Labute approximate surface area is 179 Å². The zero-order valence-corrected chi connectivity index (χ0v) is 17.9. The van der Waals surface area contributed by atoms with Crippen molar-refractivity contribution < 1.29 is 13.2 Å². The van der Waals surface area contributed by atoms with Gasteiger partial charge in [0, 0.05) is 22.7 Å². The van der Waals surface area contributed by atoms with Crippen LogP contribution in [0.4, 0.5) is 5.69 Å². The predicted octanol–water partition coefficient (Wildman–Crippen LogP) is 4.79. The van der Waals surface area contributed by atoms with Gasteiger partial charge in [0.1, 0.15) is 4.90 Å². The van der Waals surface area contributed by atoms with E-state index >= 15 is 0 Å². The zero-order chi connectivity index (χ0) is 20.9. The number of carbonyl (C=O) groups excluding carboxylic acids is 1. The minimum atomic E-state index is -3.89. The average molecular weight is 447 g/mol. The van der Waals surface area contributed by atoms with Gasteiger partial charge >= 0.3 is 0 Å². The minimum Gasteiger partial charge on any atom is -0.322 e. The molecule has 5 nitrogen and oxygen atoms in total. The molecule has 29 heavy (non-hydrogen) atoms. The number of benzene rings is 3. The summed E-state index contributed by atoms with van der Waals surface area (Å²) in [4.78, 5) is 13.5. The number of sulfonamides is 1. The second-order valence-electron chi connectivity index (χ2n) is 6.14. The van der Waals surface area contributed by atoms with E-state index in [1.807, 2.05) is 54.8 Å². The Morgan fingerprint density at radius 2 is 1.76 bits per heavy atom. The van der Waals surface area contributed by atoms with Gasteiger partial charge < -0.3 is 5.32 Å². The molecule has 0 heterocycles. The van der Waals surface area contributed by atoms with Crippen LogP contribution in [-0.2, 0) is 16.6 Å². The standard InChI is InChI=1S/C21H19ClN2O3S2/c1-28-18-9-5-8-17(13-18)24-21(25)16-10-11-19(22)20(12-16)29(26,27)23-14-15-6-3-2-4-7-15/h2-13,23H,14H2,1H3,(H,24,25). The maximum atomic E-state index is 12.7. The molecule has 3 rings (SSSR count). The molecular weight excluding hydrogens is 428 g/mol. The molecule has 0 unspecified atom stereocenters. The highest BCUT2D eigenvalue weighted by molar-refractivity contribution is 7.98. The van der Waals surface area contributed by atoms with Crippen molar-refractivity contribution in [3.05, 3.63) is 88.9 Å². The normalized spacial score (nSPS) is 11.2. The van der Waals surface area contributed by atoms with E-state index in [-0.39, 0.29) is 22.0 Å². The Morgan fingerprint density at radius 3 is 2.48 bits per heavy atom. The van der Waals surface area contributed by atoms with Gasteiger partial charge in [-0.1, -0.05) is 48.0 Å². The first-order chi connectivity index (χ1) is 13.9. The molecule has 8 heteroatoms. The van der Waals surface area contributed by atoms with Crippen LogP contribution in [0.5, 0.6) is 0 Å². The van der Waals surface area contributed by atoms with Crippen LogP contribution in [-0.4, -0.2) is 20.6 Å². The Balaban J connectivity index is 1.80. The van der Waals surface area contributed by atoms with Crippen LogP contribution in [0.15, 0.2) is 82.6 Å². The highest BCUT2D eigenvalue weighted by Gasteiger charge is 2.20. The molecule has 0 fully saturated rings. The summed E-state index contributed by atoms with van der Waals surface area (Å²) in [5.41, 5.74) is 1.64. The Bertz CT molecular complexity index is 1120. The highest BCUT2D eigenvalue weighted by atomic mass is 35.5. The van der Waals surface area contributed by atoms with Crippen LogP contribution in [0, 0.1) is 0 Å². The van der Waals surface area contributed by atoms with Crippen molar-refractivity contribution in [3.63, 3.8) is 0 Å². The van der Waals surface area contributed by atoms with E-state index < -0.39 is 15.9 Å². The molecule has 0 saturated carbocycles. The van der Waals surface area contributed by atoms with E-state index in [1.54, 1.807) is 17.8 Å². The van der Waals surface area contributed by atoms with Crippen LogP contribution < -0.4 is 10.0 Å².